The lowest BCUT2D eigenvalue weighted by molar-refractivity contribution is -0.131. The third-order valence-electron chi connectivity index (χ3n) is 2.68. The van der Waals surface area contributed by atoms with E-state index in [2.05, 4.69) is 0 Å². The van der Waals surface area contributed by atoms with Gasteiger partial charge in [0.25, 0.3) is 0 Å². The van der Waals surface area contributed by atoms with E-state index in [0.717, 1.165) is 17.3 Å². The first-order valence-corrected chi connectivity index (χ1v) is 6.82. The molecule has 0 amide bonds. The maximum atomic E-state index is 10.6. The van der Waals surface area contributed by atoms with E-state index in [1.165, 1.54) is 0 Å². The molecule has 0 aliphatic carbocycles. The van der Waals surface area contributed by atoms with Crippen molar-refractivity contribution in [2.75, 3.05) is 25.1 Å². The summed E-state index contributed by atoms with van der Waals surface area (Å²) in [6.45, 7) is 5.23. The highest BCUT2D eigenvalue weighted by Gasteiger charge is 2.10. The van der Waals surface area contributed by atoms with Crippen LogP contribution in [0.3, 0.4) is 0 Å². The second-order valence-corrected chi connectivity index (χ2v) is 5.10. The van der Waals surface area contributed by atoms with Crippen molar-refractivity contribution in [2.24, 2.45) is 0 Å². The van der Waals surface area contributed by atoms with Crippen LogP contribution in [0.15, 0.2) is 24.3 Å². The van der Waals surface area contributed by atoms with Gasteiger partial charge in [-0.1, -0.05) is 23.7 Å². The fourth-order valence-corrected chi connectivity index (χ4v) is 2.09. The second-order valence-electron chi connectivity index (χ2n) is 4.69. The van der Waals surface area contributed by atoms with Gasteiger partial charge in [0, 0.05) is 19.7 Å². The Morgan fingerprint density at radius 2 is 2.20 bits per heavy atom. The Kier molecular flexibility index (Phi) is 6.55. The molecule has 1 N–H and O–H groups in total. The van der Waals surface area contributed by atoms with Crippen LogP contribution in [0.1, 0.15) is 19.4 Å². The van der Waals surface area contributed by atoms with Crippen LogP contribution in [0, 0.1) is 0 Å². The molecule has 1 aromatic rings. The van der Waals surface area contributed by atoms with Crippen LogP contribution in [-0.4, -0.2) is 37.4 Å². The van der Waals surface area contributed by atoms with Crippen LogP contribution in [0.4, 0.5) is 5.69 Å². The molecule has 0 atom stereocenters. The minimum Gasteiger partial charge on any atom is -0.478 e. The molecule has 0 radical (unpaired) electrons. The SMILES string of the molecule is CC(C)OCCN(C)c1c(Cl)cccc1/C=C/C(=O)O. The van der Waals surface area contributed by atoms with E-state index in [9.17, 15) is 4.79 Å². The summed E-state index contributed by atoms with van der Waals surface area (Å²) in [6.07, 6.45) is 2.83. The lowest BCUT2D eigenvalue weighted by Gasteiger charge is -2.23. The fourth-order valence-electron chi connectivity index (χ4n) is 1.77. The third kappa shape index (κ3) is 5.23. The van der Waals surface area contributed by atoms with Gasteiger partial charge in [0.2, 0.25) is 0 Å². The predicted octanol–water partition coefficient (Wildman–Crippen LogP) is 3.30. The Balaban J connectivity index is 2.88. The first kappa shape index (κ1) is 16.5. The number of aliphatic carboxylic acids is 1. The summed E-state index contributed by atoms with van der Waals surface area (Å²) >= 11 is 6.22. The number of benzene rings is 1. The maximum Gasteiger partial charge on any atom is 0.328 e. The smallest absolute Gasteiger partial charge is 0.328 e. The zero-order chi connectivity index (χ0) is 15.1. The zero-order valence-electron chi connectivity index (χ0n) is 12.0. The van der Waals surface area contributed by atoms with Crippen molar-refractivity contribution < 1.29 is 14.6 Å². The molecule has 110 valence electrons. The minimum atomic E-state index is -0.985. The molecule has 5 heteroatoms. The van der Waals surface area contributed by atoms with Crippen molar-refractivity contribution in [3.63, 3.8) is 0 Å². The van der Waals surface area contributed by atoms with Crippen LogP contribution in [-0.2, 0) is 9.53 Å². The van der Waals surface area contributed by atoms with E-state index in [1.807, 2.05) is 31.9 Å². The number of likely N-dealkylation sites (N-methyl/N-ethyl adjacent to an activating group) is 1. The van der Waals surface area contributed by atoms with E-state index in [1.54, 1.807) is 18.2 Å². The number of rotatable bonds is 7. The van der Waals surface area contributed by atoms with Crippen LogP contribution in [0.25, 0.3) is 6.08 Å². The molecule has 0 heterocycles. The van der Waals surface area contributed by atoms with Gasteiger partial charge in [-0.05, 0) is 31.6 Å². The summed E-state index contributed by atoms with van der Waals surface area (Å²) < 4.78 is 5.52. The lowest BCUT2D eigenvalue weighted by atomic mass is 10.1. The monoisotopic (exact) mass is 297 g/mol. The number of hydrogen-bond donors (Lipinski definition) is 1. The highest BCUT2D eigenvalue weighted by atomic mass is 35.5. The van der Waals surface area contributed by atoms with Crippen molar-refractivity contribution >= 4 is 29.3 Å². The molecule has 4 nitrogen and oxygen atoms in total. The predicted molar refractivity (Wildman–Crippen MR) is 82.5 cm³/mol. The molecule has 0 bridgehead atoms. The van der Waals surface area contributed by atoms with Gasteiger partial charge in [-0.25, -0.2) is 4.79 Å². The Morgan fingerprint density at radius 1 is 1.50 bits per heavy atom. The number of para-hydroxylation sites is 1. The Bertz CT molecular complexity index is 486. The van der Waals surface area contributed by atoms with Gasteiger partial charge in [0.05, 0.1) is 23.4 Å². The lowest BCUT2D eigenvalue weighted by Crippen LogP contribution is -2.24. The quantitative estimate of drug-likeness (QED) is 0.785. The summed E-state index contributed by atoms with van der Waals surface area (Å²) in [5.41, 5.74) is 1.57. The van der Waals surface area contributed by atoms with E-state index in [4.69, 9.17) is 21.4 Å². The van der Waals surface area contributed by atoms with E-state index < -0.39 is 5.97 Å². The molecular weight excluding hydrogens is 278 g/mol. The van der Waals surface area contributed by atoms with E-state index in [0.29, 0.717) is 18.2 Å². The number of nitrogens with zero attached hydrogens (tertiary/aromatic N) is 1. The number of carbonyl (C=O) groups is 1. The third-order valence-corrected chi connectivity index (χ3v) is 2.99. The van der Waals surface area contributed by atoms with Crippen molar-refractivity contribution in [1.82, 2.24) is 0 Å². The van der Waals surface area contributed by atoms with Gasteiger partial charge in [-0.3, -0.25) is 0 Å². The molecule has 0 fully saturated rings. The van der Waals surface area contributed by atoms with E-state index in [-0.39, 0.29) is 6.10 Å². The van der Waals surface area contributed by atoms with Gasteiger partial charge in [-0.2, -0.15) is 0 Å². The number of halogens is 1. The molecule has 1 rings (SSSR count). The Morgan fingerprint density at radius 3 is 2.80 bits per heavy atom. The average Bonchev–Trinajstić information content (AvgIpc) is 2.35. The molecule has 0 aliphatic rings. The molecule has 1 aromatic carbocycles. The normalized spacial score (nSPS) is 11.2. The molecule has 20 heavy (non-hydrogen) atoms. The highest BCUT2D eigenvalue weighted by molar-refractivity contribution is 6.33. The van der Waals surface area contributed by atoms with Gasteiger partial charge >= 0.3 is 5.97 Å². The largest absolute Gasteiger partial charge is 0.478 e. The zero-order valence-corrected chi connectivity index (χ0v) is 12.7. The fraction of sp³-hybridized carbons (Fsp3) is 0.400. The van der Waals surface area contributed by atoms with Crippen LogP contribution >= 0.6 is 11.6 Å². The Hall–Kier alpha value is -1.52. The maximum absolute atomic E-state index is 10.6. The van der Waals surface area contributed by atoms with Crippen molar-refractivity contribution in [1.29, 1.82) is 0 Å². The van der Waals surface area contributed by atoms with Gasteiger partial charge in [-0.15, -0.1) is 0 Å². The number of carboxylic acids is 1. The molecular formula is C15H20ClNO3. The van der Waals surface area contributed by atoms with Crippen molar-refractivity contribution in [2.45, 2.75) is 20.0 Å². The average molecular weight is 298 g/mol. The summed E-state index contributed by atoms with van der Waals surface area (Å²) in [6, 6.07) is 5.42. The summed E-state index contributed by atoms with van der Waals surface area (Å²) in [4.78, 5) is 12.6. The number of hydrogen-bond acceptors (Lipinski definition) is 3. The summed E-state index contributed by atoms with van der Waals surface area (Å²) in [7, 11) is 1.91. The van der Waals surface area contributed by atoms with Gasteiger partial charge in [0.15, 0.2) is 0 Å². The first-order valence-electron chi connectivity index (χ1n) is 6.44. The van der Waals surface area contributed by atoms with Gasteiger partial charge < -0.3 is 14.7 Å². The van der Waals surface area contributed by atoms with Crippen LogP contribution < -0.4 is 4.90 Å². The number of anilines is 1. The van der Waals surface area contributed by atoms with Crippen LogP contribution in [0.2, 0.25) is 5.02 Å². The van der Waals surface area contributed by atoms with Crippen molar-refractivity contribution in [3.8, 4) is 0 Å². The second kappa shape index (κ2) is 7.92. The standard InChI is InChI=1S/C15H20ClNO3/c1-11(2)20-10-9-17(3)15-12(7-8-14(18)19)5-4-6-13(15)16/h4-8,11H,9-10H2,1-3H3,(H,18,19)/b8-7+. The summed E-state index contributed by atoms with van der Waals surface area (Å²) in [5.74, 6) is -0.985. The summed E-state index contributed by atoms with van der Waals surface area (Å²) in [5, 5.41) is 9.31. The van der Waals surface area contributed by atoms with Crippen molar-refractivity contribution in [3.05, 3.63) is 34.9 Å². The molecule has 0 spiro atoms. The number of ether oxygens (including phenoxy) is 1. The van der Waals surface area contributed by atoms with E-state index >= 15 is 0 Å². The minimum absolute atomic E-state index is 0.182. The van der Waals surface area contributed by atoms with Gasteiger partial charge in [0.1, 0.15) is 0 Å². The highest BCUT2D eigenvalue weighted by Crippen LogP contribution is 2.30. The topological polar surface area (TPSA) is 49.8 Å². The molecule has 0 unspecified atom stereocenters. The molecule has 0 saturated carbocycles. The molecule has 0 aliphatic heterocycles. The molecule has 0 aromatic heterocycles. The molecule has 0 saturated heterocycles. The first-order chi connectivity index (χ1) is 9.41. The van der Waals surface area contributed by atoms with Crippen LogP contribution in [0.5, 0.6) is 0 Å². The Labute approximate surface area is 124 Å². The number of carboxylic acid groups (broad SMARTS) is 1.